The van der Waals surface area contributed by atoms with E-state index >= 15 is 0 Å². The minimum absolute atomic E-state index is 0.134. The van der Waals surface area contributed by atoms with Gasteiger partial charge in [-0.25, -0.2) is 0 Å². The zero-order chi connectivity index (χ0) is 45.2. The van der Waals surface area contributed by atoms with Crippen LogP contribution in [0.4, 0.5) is 5.69 Å². The first-order chi connectivity index (χ1) is 29.7. The number of unbranched alkanes of at least 4 members (excludes halogenated alkanes) is 1. The van der Waals surface area contributed by atoms with Gasteiger partial charge in [0.05, 0.1) is 24.1 Å². The second kappa shape index (κ2) is 24.6. The van der Waals surface area contributed by atoms with Crippen molar-refractivity contribution in [3.63, 3.8) is 0 Å². The van der Waals surface area contributed by atoms with E-state index in [1.54, 1.807) is 61.7 Å². The van der Waals surface area contributed by atoms with Crippen molar-refractivity contribution in [2.24, 2.45) is 11.8 Å². The van der Waals surface area contributed by atoms with Crippen LogP contribution in [0, 0.1) is 11.8 Å². The molecule has 4 rings (SSSR count). The fraction of sp³-hybridized carbons (Fsp3) is 0.447. The van der Waals surface area contributed by atoms with Gasteiger partial charge in [-0.05, 0) is 111 Å². The van der Waals surface area contributed by atoms with E-state index in [4.69, 9.17) is 16.3 Å². The Bertz CT molecular complexity index is 2100. The number of halogens is 1. The van der Waals surface area contributed by atoms with E-state index in [9.17, 15) is 29.1 Å². The van der Waals surface area contributed by atoms with Gasteiger partial charge in [0.25, 0.3) is 11.8 Å². The Labute approximate surface area is 369 Å². The molecule has 14 nitrogen and oxygen atoms in total. The molecule has 0 fully saturated rings. The average Bonchev–Trinajstić information content (AvgIpc) is 3.24. The molecule has 4 aromatic rings. The van der Waals surface area contributed by atoms with E-state index in [-0.39, 0.29) is 30.1 Å². The van der Waals surface area contributed by atoms with E-state index in [0.717, 1.165) is 29.4 Å². The van der Waals surface area contributed by atoms with Gasteiger partial charge in [-0.2, -0.15) is 0 Å². The first-order valence-corrected chi connectivity index (χ1v) is 21.9. The van der Waals surface area contributed by atoms with E-state index in [0.29, 0.717) is 66.5 Å². The zero-order valence-corrected chi connectivity index (χ0v) is 37.3. The molecule has 334 valence electrons. The largest absolute Gasteiger partial charge is 0.457 e. The molecule has 0 saturated carbocycles. The maximum Gasteiger partial charge on any atom is 0.251 e. The van der Waals surface area contributed by atoms with Crippen LogP contribution in [-0.2, 0) is 14.4 Å². The molecule has 0 spiro atoms. The molecule has 3 aromatic carbocycles. The van der Waals surface area contributed by atoms with Crippen molar-refractivity contribution in [3.8, 4) is 11.5 Å². The number of fused-ring (bicyclic) bond motifs is 1. The number of hydrogen-bond donors (Lipinski definition) is 7. The fourth-order valence-corrected chi connectivity index (χ4v) is 6.78. The van der Waals surface area contributed by atoms with Crippen LogP contribution < -0.4 is 36.6 Å². The predicted molar refractivity (Wildman–Crippen MR) is 243 cm³/mol. The molecule has 0 aliphatic heterocycles. The lowest BCUT2D eigenvalue weighted by Gasteiger charge is -2.30. The first kappa shape index (κ1) is 48.9. The van der Waals surface area contributed by atoms with Gasteiger partial charge in [-0.1, -0.05) is 59.1 Å². The summed E-state index contributed by atoms with van der Waals surface area (Å²) < 4.78 is 5.96. The van der Waals surface area contributed by atoms with Gasteiger partial charge >= 0.3 is 0 Å². The van der Waals surface area contributed by atoms with Crippen molar-refractivity contribution in [1.29, 1.82) is 0 Å². The number of carbonyl (C=O) groups excluding carboxylic acids is 5. The molecule has 5 amide bonds. The third kappa shape index (κ3) is 15.3. The van der Waals surface area contributed by atoms with Crippen LogP contribution in [0.1, 0.15) is 101 Å². The quantitative estimate of drug-likeness (QED) is 0.0372. The molecule has 0 unspecified atom stereocenters. The molecule has 0 bridgehead atoms. The van der Waals surface area contributed by atoms with Crippen molar-refractivity contribution >= 4 is 57.7 Å². The van der Waals surface area contributed by atoms with Crippen LogP contribution in [0.2, 0.25) is 5.02 Å². The number of rotatable bonds is 24. The van der Waals surface area contributed by atoms with Gasteiger partial charge in [0.1, 0.15) is 23.6 Å². The number of aliphatic hydroxyl groups excluding tert-OH is 1. The molecule has 0 aliphatic rings. The summed E-state index contributed by atoms with van der Waals surface area (Å²) in [5, 5.41) is 30.1. The maximum absolute atomic E-state index is 13.6. The smallest absolute Gasteiger partial charge is 0.251 e. The number of pyridine rings is 1. The molecule has 7 N–H and O–H groups in total. The Morgan fingerprint density at radius 3 is 1.98 bits per heavy atom. The van der Waals surface area contributed by atoms with E-state index in [1.807, 2.05) is 58.9 Å². The normalized spacial score (nSPS) is 13.6. The van der Waals surface area contributed by atoms with Crippen LogP contribution in [0.3, 0.4) is 0 Å². The highest BCUT2D eigenvalue weighted by molar-refractivity contribution is 6.31. The SMILES string of the molecule is CCCCNC(=O)C[C@H](O)[C@H](CC(C)C)NC(=O)[C@@H](NC(=O)c1ccc(Oc2ccc(C(=O)N[C@@H](C)C(=O)NCCCNc3ccnc4cc(Cl)ccc34)cc2)cc1)[C@@H](C)CC. The Morgan fingerprint density at radius 2 is 1.37 bits per heavy atom. The standard InChI is InChI=1S/C47H62ClN7O7/c1-7-9-22-51-42(57)28-41(56)40(26-29(3)4)54-47(61)43(30(5)8-2)55-46(60)33-13-18-36(19-14-33)62-35-16-11-32(12-17-35)45(59)53-31(6)44(58)52-24-10-23-49-38-21-25-50-39-27-34(48)15-20-37(38)39/h11-21,25,27,29-31,40-41,43,56H,7-10,22-24,26,28H2,1-6H3,(H,49,50)(H,51,57)(H,52,58)(H,53,59)(H,54,61)(H,55,60)/t30-,31-,40-,41-,43-/m0/s1. The topological polar surface area (TPSA) is 200 Å². The lowest BCUT2D eigenvalue weighted by Crippen LogP contribution is -2.55. The van der Waals surface area contributed by atoms with Crippen molar-refractivity contribution < 1.29 is 33.8 Å². The molecule has 0 saturated heterocycles. The molecule has 15 heteroatoms. The Morgan fingerprint density at radius 1 is 0.742 bits per heavy atom. The van der Waals surface area contributed by atoms with E-state index in [2.05, 4.69) is 36.9 Å². The fourth-order valence-electron chi connectivity index (χ4n) is 6.61. The van der Waals surface area contributed by atoms with Gasteiger partial charge in [-0.15, -0.1) is 0 Å². The third-order valence-corrected chi connectivity index (χ3v) is 10.7. The molecule has 0 radical (unpaired) electrons. The summed E-state index contributed by atoms with van der Waals surface area (Å²) in [6, 6.07) is 18.0. The summed E-state index contributed by atoms with van der Waals surface area (Å²) in [5.41, 5.74) is 2.38. The van der Waals surface area contributed by atoms with Crippen LogP contribution in [0.5, 0.6) is 11.5 Å². The Hall–Kier alpha value is -5.73. The summed E-state index contributed by atoms with van der Waals surface area (Å²) in [4.78, 5) is 69.4. The summed E-state index contributed by atoms with van der Waals surface area (Å²) >= 11 is 6.08. The zero-order valence-electron chi connectivity index (χ0n) is 36.6. The number of aromatic nitrogens is 1. The van der Waals surface area contributed by atoms with Crippen LogP contribution in [-0.4, -0.2) is 83.5 Å². The summed E-state index contributed by atoms with van der Waals surface area (Å²) in [7, 11) is 0. The number of hydrogen-bond acceptors (Lipinski definition) is 9. The van der Waals surface area contributed by atoms with E-state index in [1.165, 1.54) is 0 Å². The van der Waals surface area contributed by atoms with Gasteiger partial charge in [0.2, 0.25) is 17.7 Å². The number of amides is 5. The Kier molecular flexibility index (Phi) is 19.5. The van der Waals surface area contributed by atoms with Crippen molar-refractivity contribution in [2.45, 2.75) is 104 Å². The lowest BCUT2D eigenvalue weighted by molar-refractivity contribution is -0.128. The average molecular weight is 873 g/mol. The number of nitrogens with zero attached hydrogens (tertiary/aromatic N) is 1. The highest BCUT2D eigenvalue weighted by Gasteiger charge is 2.31. The van der Waals surface area contributed by atoms with Gasteiger partial charge in [0, 0.05) is 53.1 Å². The summed E-state index contributed by atoms with van der Waals surface area (Å²) in [6.45, 7) is 13.0. The minimum atomic E-state index is -1.09. The Balaban J connectivity index is 1.24. The first-order valence-electron chi connectivity index (χ1n) is 21.5. The number of nitrogens with one attached hydrogen (secondary N) is 6. The monoisotopic (exact) mass is 871 g/mol. The molecular formula is C47H62ClN7O7. The van der Waals surface area contributed by atoms with Gasteiger partial charge in [0.15, 0.2) is 0 Å². The highest BCUT2D eigenvalue weighted by Crippen LogP contribution is 2.25. The number of ether oxygens (including phenoxy) is 1. The van der Waals surface area contributed by atoms with Crippen LogP contribution >= 0.6 is 11.6 Å². The molecule has 5 atom stereocenters. The molecule has 1 heterocycles. The molecule has 0 aliphatic carbocycles. The van der Waals surface area contributed by atoms with Crippen molar-refractivity contribution in [2.75, 3.05) is 25.0 Å². The minimum Gasteiger partial charge on any atom is -0.457 e. The summed E-state index contributed by atoms with van der Waals surface area (Å²) in [5.74, 6) is -1.07. The number of aliphatic hydroxyl groups is 1. The number of anilines is 1. The summed E-state index contributed by atoms with van der Waals surface area (Å²) in [6.07, 6.45) is 3.98. The van der Waals surface area contributed by atoms with Crippen LogP contribution in [0.25, 0.3) is 10.9 Å². The lowest BCUT2D eigenvalue weighted by atomic mass is 9.94. The number of benzene rings is 3. The van der Waals surface area contributed by atoms with Crippen molar-refractivity contribution in [3.05, 3.63) is 95.1 Å². The second-order valence-electron chi connectivity index (χ2n) is 16.0. The van der Waals surface area contributed by atoms with E-state index < -0.39 is 42.0 Å². The molecular weight excluding hydrogens is 810 g/mol. The van der Waals surface area contributed by atoms with Gasteiger partial charge < -0.3 is 41.7 Å². The molecule has 62 heavy (non-hydrogen) atoms. The maximum atomic E-state index is 13.6. The van der Waals surface area contributed by atoms with Crippen LogP contribution in [0.15, 0.2) is 79.0 Å². The highest BCUT2D eigenvalue weighted by atomic mass is 35.5. The van der Waals surface area contributed by atoms with Crippen molar-refractivity contribution in [1.82, 2.24) is 31.6 Å². The molecule has 1 aromatic heterocycles. The number of carbonyl (C=O) groups is 5. The van der Waals surface area contributed by atoms with Gasteiger partial charge in [-0.3, -0.25) is 29.0 Å². The third-order valence-electron chi connectivity index (χ3n) is 10.4. The predicted octanol–water partition coefficient (Wildman–Crippen LogP) is 6.76. The second-order valence-corrected chi connectivity index (χ2v) is 16.4.